The Morgan fingerprint density at radius 3 is 3.00 bits per heavy atom. The van der Waals surface area contributed by atoms with Crippen LogP contribution in [0.1, 0.15) is 35.5 Å². The van der Waals surface area contributed by atoms with Crippen LogP contribution in [-0.4, -0.2) is 59.6 Å². The molecule has 114 valence electrons. The second-order valence-corrected chi connectivity index (χ2v) is 6.08. The van der Waals surface area contributed by atoms with Gasteiger partial charge in [0, 0.05) is 37.7 Å². The van der Waals surface area contributed by atoms with Gasteiger partial charge in [-0.1, -0.05) is 18.8 Å². The molecule has 0 bridgehead atoms. The highest BCUT2D eigenvalue weighted by atomic mass is 32.1. The zero-order valence-electron chi connectivity index (χ0n) is 12.6. The van der Waals surface area contributed by atoms with Gasteiger partial charge in [-0.15, -0.1) is 11.3 Å². The molecule has 5 heteroatoms. The van der Waals surface area contributed by atoms with Gasteiger partial charge in [0.2, 0.25) is 0 Å². The first kappa shape index (κ1) is 16.0. The molecule has 0 saturated carbocycles. The molecule has 2 heterocycles. The van der Waals surface area contributed by atoms with Crippen molar-refractivity contribution >= 4 is 17.2 Å². The van der Waals surface area contributed by atoms with E-state index in [2.05, 4.69) is 30.6 Å². The van der Waals surface area contributed by atoms with Crippen LogP contribution in [0.4, 0.5) is 0 Å². The molecule has 1 aromatic rings. The summed E-state index contributed by atoms with van der Waals surface area (Å²) in [4.78, 5) is 17.7. The monoisotopic (exact) mass is 306 g/mol. The average Bonchev–Trinajstić information content (AvgIpc) is 2.95. The summed E-state index contributed by atoms with van der Waals surface area (Å²) in [5.41, 5.74) is 0.782. The Labute approximate surface area is 130 Å². The molecule has 1 unspecified atom stereocenters. The summed E-state index contributed by atoms with van der Waals surface area (Å²) in [7, 11) is 0. The predicted molar refractivity (Wildman–Crippen MR) is 85.5 cm³/mol. The van der Waals surface area contributed by atoms with Crippen LogP contribution >= 0.6 is 11.3 Å². The molecule has 4 nitrogen and oxygen atoms in total. The number of thiophene rings is 1. The van der Waals surface area contributed by atoms with Crippen molar-refractivity contribution in [2.75, 3.05) is 32.8 Å². The van der Waals surface area contributed by atoms with Crippen molar-refractivity contribution in [3.63, 3.8) is 0 Å². The zero-order valence-corrected chi connectivity index (χ0v) is 13.4. The second-order valence-electron chi connectivity index (χ2n) is 5.17. The molecule has 0 aliphatic carbocycles. The minimum atomic E-state index is 0.0525. The molecule has 1 aliphatic rings. The van der Waals surface area contributed by atoms with Crippen LogP contribution in [0.3, 0.4) is 0 Å². The lowest BCUT2D eigenvalue weighted by Crippen LogP contribution is -2.53. The van der Waals surface area contributed by atoms with E-state index in [1.165, 1.54) is 11.3 Å². The molecule has 1 saturated heterocycles. The van der Waals surface area contributed by atoms with Gasteiger partial charge in [0.25, 0.3) is 5.91 Å². The van der Waals surface area contributed by atoms with E-state index in [0.29, 0.717) is 12.5 Å². The highest BCUT2D eigenvalue weighted by Gasteiger charge is 2.27. The molecule has 1 amide bonds. The summed E-state index contributed by atoms with van der Waals surface area (Å²) >= 11 is 1.45. The Hall–Kier alpha value is -1.35. The van der Waals surface area contributed by atoms with Crippen LogP contribution in [0, 0.1) is 11.8 Å². The summed E-state index contributed by atoms with van der Waals surface area (Å²) < 4.78 is 0. The fourth-order valence-corrected chi connectivity index (χ4v) is 3.40. The average molecular weight is 306 g/mol. The fraction of sp³-hybridized carbons (Fsp3) is 0.562. The van der Waals surface area contributed by atoms with Crippen LogP contribution < -0.4 is 0 Å². The largest absolute Gasteiger partial charge is 0.395 e. The summed E-state index contributed by atoms with van der Waals surface area (Å²) in [6.07, 6.45) is 0.440. The lowest BCUT2D eigenvalue weighted by atomic mass is 10.1. The lowest BCUT2D eigenvalue weighted by Gasteiger charge is -2.39. The zero-order chi connectivity index (χ0) is 15.2. The van der Waals surface area contributed by atoms with E-state index in [1.54, 1.807) is 0 Å². The number of likely N-dealkylation sites (N-methyl/N-ethyl adjacent to an activating group) is 1. The Morgan fingerprint density at radius 2 is 2.33 bits per heavy atom. The van der Waals surface area contributed by atoms with E-state index in [4.69, 9.17) is 5.11 Å². The third kappa shape index (κ3) is 3.85. The van der Waals surface area contributed by atoms with Crippen molar-refractivity contribution < 1.29 is 9.90 Å². The van der Waals surface area contributed by atoms with Gasteiger partial charge in [0.05, 0.1) is 6.61 Å². The molecule has 1 aliphatic heterocycles. The number of piperazine rings is 1. The Bertz CT molecular complexity index is 544. The Kier molecular flexibility index (Phi) is 5.80. The number of carbonyl (C=O) groups excluding carboxylic acids is 1. The van der Waals surface area contributed by atoms with Gasteiger partial charge in [0.15, 0.2) is 0 Å². The molecule has 21 heavy (non-hydrogen) atoms. The highest BCUT2D eigenvalue weighted by Crippen LogP contribution is 2.20. The first-order chi connectivity index (χ1) is 10.2. The van der Waals surface area contributed by atoms with Crippen molar-refractivity contribution in [3.05, 3.63) is 21.9 Å². The smallest absolute Gasteiger partial charge is 0.265 e. The molecular formula is C16H22N2O2S. The third-order valence-corrected chi connectivity index (χ3v) is 4.68. The SMILES string of the molecule is CCN1CCN(C(=O)c2sccc2C#CCCO)CC1C. The normalized spacial score (nSPS) is 19.2. The summed E-state index contributed by atoms with van der Waals surface area (Å²) in [6, 6.07) is 2.28. The molecule has 0 radical (unpaired) electrons. The van der Waals surface area contributed by atoms with E-state index < -0.39 is 0 Å². The van der Waals surface area contributed by atoms with E-state index in [0.717, 1.165) is 36.6 Å². The number of nitrogens with zero attached hydrogens (tertiary/aromatic N) is 2. The summed E-state index contributed by atoms with van der Waals surface area (Å²) in [5.74, 6) is 5.96. The van der Waals surface area contributed by atoms with Crippen LogP contribution in [0.2, 0.25) is 0 Å². The van der Waals surface area contributed by atoms with Gasteiger partial charge < -0.3 is 10.0 Å². The minimum absolute atomic E-state index is 0.0525. The van der Waals surface area contributed by atoms with E-state index >= 15 is 0 Å². The van der Waals surface area contributed by atoms with Crippen molar-refractivity contribution in [1.29, 1.82) is 0 Å². The predicted octanol–water partition coefficient (Wildman–Crippen LogP) is 1.65. The van der Waals surface area contributed by atoms with Gasteiger partial charge in [-0.2, -0.15) is 0 Å². The molecule has 0 aromatic carbocycles. The molecule has 1 N–H and O–H groups in total. The van der Waals surface area contributed by atoms with Crippen LogP contribution in [0.5, 0.6) is 0 Å². The number of carbonyl (C=O) groups is 1. The third-order valence-electron chi connectivity index (χ3n) is 3.78. The van der Waals surface area contributed by atoms with Gasteiger partial charge in [-0.25, -0.2) is 0 Å². The molecule has 0 spiro atoms. The van der Waals surface area contributed by atoms with Crippen molar-refractivity contribution in [2.45, 2.75) is 26.3 Å². The summed E-state index contributed by atoms with van der Waals surface area (Å²) in [6.45, 7) is 7.88. The number of hydrogen-bond donors (Lipinski definition) is 1. The second kappa shape index (κ2) is 7.60. The first-order valence-electron chi connectivity index (χ1n) is 7.38. The van der Waals surface area contributed by atoms with E-state index in [9.17, 15) is 4.79 Å². The molecular weight excluding hydrogens is 284 g/mol. The number of aliphatic hydroxyl groups is 1. The molecule has 1 fully saturated rings. The van der Waals surface area contributed by atoms with Gasteiger partial charge in [-0.3, -0.25) is 9.69 Å². The molecule has 1 atom stereocenters. The quantitative estimate of drug-likeness (QED) is 0.864. The van der Waals surface area contributed by atoms with E-state index in [-0.39, 0.29) is 12.5 Å². The number of rotatable bonds is 3. The topological polar surface area (TPSA) is 43.8 Å². The number of amides is 1. The maximum Gasteiger partial charge on any atom is 0.265 e. The van der Waals surface area contributed by atoms with Gasteiger partial charge >= 0.3 is 0 Å². The first-order valence-corrected chi connectivity index (χ1v) is 8.25. The standard InChI is InChI=1S/C16H22N2O2S/c1-3-17-8-9-18(12-13(17)2)16(20)15-14(7-11-21-15)6-4-5-10-19/h7,11,13,19H,3,5,8-10,12H2,1-2H3. The van der Waals surface area contributed by atoms with Crippen LogP contribution in [0.25, 0.3) is 0 Å². The molecule has 1 aromatic heterocycles. The number of aliphatic hydroxyl groups excluding tert-OH is 1. The van der Waals surface area contributed by atoms with E-state index in [1.807, 2.05) is 16.3 Å². The number of hydrogen-bond acceptors (Lipinski definition) is 4. The van der Waals surface area contributed by atoms with Gasteiger partial charge in [0.1, 0.15) is 4.88 Å². The lowest BCUT2D eigenvalue weighted by molar-refractivity contribution is 0.0532. The maximum atomic E-state index is 12.7. The van der Waals surface area contributed by atoms with Crippen molar-refractivity contribution in [3.8, 4) is 11.8 Å². The maximum absolute atomic E-state index is 12.7. The van der Waals surface area contributed by atoms with Crippen LogP contribution in [-0.2, 0) is 0 Å². The highest BCUT2D eigenvalue weighted by molar-refractivity contribution is 7.12. The Balaban J connectivity index is 2.08. The summed E-state index contributed by atoms with van der Waals surface area (Å²) in [5, 5.41) is 10.7. The van der Waals surface area contributed by atoms with Crippen LogP contribution in [0.15, 0.2) is 11.4 Å². The van der Waals surface area contributed by atoms with Gasteiger partial charge in [-0.05, 0) is 24.9 Å². The van der Waals surface area contributed by atoms with Crippen molar-refractivity contribution in [1.82, 2.24) is 9.80 Å². The van der Waals surface area contributed by atoms with Crippen molar-refractivity contribution in [2.24, 2.45) is 0 Å². The minimum Gasteiger partial charge on any atom is -0.395 e. The Morgan fingerprint density at radius 1 is 1.52 bits per heavy atom. The fourth-order valence-electron chi connectivity index (χ4n) is 2.58. The molecule has 2 rings (SSSR count).